The van der Waals surface area contributed by atoms with E-state index in [0.29, 0.717) is 16.5 Å². The fourth-order valence-electron chi connectivity index (χ4n) is 2.84. The molecule has 0 fully saturated rings. The van der Waals surface area contributed by atoms with Gasteiger partial charge in [-0.25, -0.2) is 9.59 Å². The van der Waals surface area contributed by atoms with E-state index in [9.17, 15) is 19.5 Å². The maximum atomic E-state index is 12.7. The van der Waals surface area contributed by atoms with Gasteiger partial charge in [0.1, 0.15) is 11.3 Å². The molecule has 0 radical (unpaired) electrons. The Balaban J connectivity index is 2.63. The molecule has 0 atom stereocenters. The third-order valence-electron chi connectivity index (χ3n) is 3.93. The SMILES string of the molecule is CCOC(=O)C(Cc1ccc(O)c2ncccc12)(NC(C)=O)C(=O)OCC. The van der Waals surface area contributed by atoms with Crippen molar-refractivity contribution in [3.63, 3.8) is 0 Å². The standard InChI is InChI=1S/C19H22N2O6/c1-4-26-17(24)19(21-12(3)22,18(25)27-5-2)11-13-8-9-15(23)16-14(13)7-6-10-20-16/h6-10,23H,4-5,11H2,1-3H3,(H,21,22). The molecule has 0 spiro atoms. The second-order valence-electron chi connectivity index (χ2n) is 5.85. The molecule has 27 heavy (non-hydrogen) atoms. The van der Waals surface area contributed by atoms with Gasteiger partial charge in [0, 0.05) is 24.9 Å². The summed E-state index contributed by atoms with van der Waals surface area (Å²) in [6.45, 7) is 4.45. The summed E-state index contributed by atoms with van der Waals surface area (Å²) in [5.74, 6) is -2.45. The Morgan fingerprint density at radius 2 is 1.74 bits per heavy atom. The first kappa shape index (κ1) is 20.2. The summed E-state index contributed by atoms with van der Waals surface area (Å²) >= 11 is 0. The number of nitrogens with one attached hydrogen (secondary N) is 1. The van der Waals surface area contributed by atoms with Crippen LogP contribution in [0.25, 0.3) is 10.9 Å². The van der Waals surface area contributed by atoms with E-state index in [4.69, 9.17) is 9.47 Å². The molecule has 1 aromatic carbocycles. The van der Waals surface area contributed by atoms with Crippen LogP contribution in [-0.4, -0.2) is 46.7 Å². The molecule has 8 heteroatoms. The maximum absolute atomic E-state index is 12.7. The average Bonchev–Trinajstić information content (AvgIpc) is 2.63. The fourth-order valence-corrected chi connectivity index (χ4v) is 2.84. The number of aromatic nitrogens is 1. The van der Waals surface area contributed by atoms with Crippen LogP contribution in [0.4, 0.5) is 0 Å². The number of amides is 1. The highest BCUT2D eigenvalue weighted by atomic mass is 16.6. The number of ether oxygens (including phenoxy) is 2. The first-order chi connectivity index (χ1) is 12.9. The first-order valence-corrected chi connectivity index (χ1v) is 8.54. The molecule has 0 saturated carbocycles. The monoisotopic (exact) mass is 374 g/mol. The molecular formula is C19H22N2O6. The zero-order valence-corrected chi connectivity index (χ0v) is 15.4. The highest BCUT2D eigenvalue weighted by Gasteiger charge is 2.50. The molecule has 1 aromatic heterocycles. The highest BCUT2D eigenvalue weighted by molar-refractivity contribution is 6.08. The van der Waals surface area contributed by atoms with Gasteiger partial charge in [-0.05, 0) is 31.5 Å². The number of carbonyl (C=O) groups excluding carboxylic acids is 3. The molecule has 0 aliphatic carbocycles. The van der Waals surface area contributed by atoms with Gasteiger partial charge < -0.3 is 19.9 Å². The van der Waals surface area contributed by atoms with Crippen LogP contribution in [0.1, 0.15) is 26.3 Å². The summed E-state index contributed by atoms with van der Waals surface area (Å²) in [5, 5.41) is 13.0. The first-order valence-electron chi connectivity index (χ1n) is 8.54. The van der Waals surface area contributed by atoms with Crippen LogP contribution >= 0.6 is 0 Å². The van der Waals surface area contributed by atoms with Crippen molar-refractivity contribution >= 4 is 28.7 Å². The van der Waals surface area contributed by atoms with Crippen LogP contribution in [-0.2, 0) is 30.3 Å². The number of benzene rings is 1. The number of hydrogen-bond acceptors (Lipinski definition) is 7. The summed E-state index contributed by atoms with van der Waals surface area (Å²) in [5.41, 5.74) is -1.21. The van der Waals surface area contributed by atoms with Crippen LogP contribution in [0.15, 0.2) is 30.5 Å². The largest absolute Gasteiger partial charge is 0.506 e. The highest BCUT2D eigenvalue weighted by Crippen LogP contribution is 2.29. The van der Waals surface area contributed by atoms with Gasteiger partial charge in [0.2, 0.25) is 11.4 Å². The Morgan fingerprint density at radius 1 is 1.11 bits per heavy atom. The van der Waals surface area contributed by atoms with Crippen molar-refractivity contribution in [3.05, 3.63) is 36.0 Å². The van der Waals surface area contributed by atoms with Crippen molar-refractivity contribution in [2.45, 2.75) is 32.7 Å². The van der Waals surface area contributed by atoms with Gasteiger partial charge in [0.25, 0.3) is 0 Å². The lowest BCUT2D eigenvalue weighted by Gasteiger charge is -2.30. The van der Waals surface area contributed by atoms with E-state index in [1.165, 1.54) is 19.2 Å². The van der Waals surface area contributed by atoms with Crippen molar-refractivity contribution < 1.29 is 29.0 Å². The number of pyridine rings is 1. The van der Waals surface area contributed by atoms with E-state index < -0.39 is 23.4 Å². The van der Waals surface area contributed by atoms with Crippen LogP contribution in [0.2, 0.25) is 0 Å². The number of aromatic hydroxyl groups is 1. The van der Waals surface area contributed by atoms with E-state index in [-0.39, 0.29) is 25.4 Å². The molecule has 0 unspecified atom stereocenters. The van der Waals surface area contributed by atoms with E-state index >= 15 is 0 Å². The Hall–Kier alpha value is -3.16. The lowest BCUT2D eigenvalue weighted by Crippen LogP contribution is -2.62. The molecule has 0 aliphatic heterocycles. The van der Waals surface area contributed by atoms with Crippen LogP contribution in [0.5, 0.6) is 5.75 Å². The van der Waals surface area contributed by atoms with Gasteiger partial charge in [0.05, 0.1) is 13.2 Å². The smallest absolute Gasteiger partial charge is 0.344 e. The predicted octanol–water partition coefficient (Wildman–Crippen LogP) is 1.48. The van der Waals surface area contributed by atoms with Gasteiger partial charge in [-0.3, -0.25) is 9.78 Å². The Morgan fingerprint density at radius 3 is 2.30 bits per heavy atom. The van der Waals surface area contributed by atoms with Gasteiger partial charge in [0.15, 0.2) is 0 Å². The number of carbonyl (C=O) groups is 3. The molecule has 0 aliphatic rings. The minimum Gasteiger partial charge on any atom is -0.506 e. The molecule has 0 bridgehead atoms. The van der Waals surface area contributed by atoms with Crippen molar-refractivity contribution in [2.24, 2.45) is 0 Å². The van der Waals surface area contributed by atoms with Gasteiger partial charge in [-0.2, -0.15) is 0 Å². The molecule has 8 nitrogen and oxygen atoms in total. The van der Waals surface area contributed by atoms with Crippen LogP contribution < -0.4 is 5.32 Å². The Bertz CT molecular complexity index is 846. The molecule has 2 rings (SSSR count). The predicted molar refractivity (Wildman–Crippen MR) is 96.9 cm³/mol. The van der Waals surface area contributed by atoms with Crippen LogP contribution in [0.3, 0.4) is 0 Å². The minimum absolute atomic E-state index is 0.0253. The number of hydrogen-bond donors (Lipinski definition) is 2. The average molecular weight is 374 g/mol. The van der Waals surface area contributed by atoms with Crippen molar-refractivity contribution in [2.75, 3.05) is 13.2 Å². The molecule has 0 saturated heterocycles. The lowest BCUT2D eigenvalue weighted by atomic mass is 9.88. The molecule has 144 valence electrons. The number of fused-ring (bicyclic) bond motifs is 1. The normalized spacial score (nSPS) is 11.1. The quantitative estimate of drug-likeness (QED) is 0.557. The summed E-state index contributed by atoms with van der Waals surface area (Å²) in [4.78, 5) is 41.4. The second kappa shape index (κ2) is 8.48. The zero-order chi connectivity index (χ0) is 20.0. The van der Waals surface area contributed by atoms with Crippen molar-refractivity contribution in [1.29, 1.82) is 0 Å². The van der Waals surface area contributed by atoms with E-state index in [1.54, 1.807) is 32.0 Å². The Labute approximate surface area is 156 Å². The summed E-state index contributed by atoms with van der Waals surface area (Å²) in [7, 11) is 0. The zero-order valence-electron chi connectivity index (χ0n) is 15.4. The molecule has 2 N–H and O–H groups in total. The second-order valence-corrected chi connectivity index (χ2v) is 5.85. The van der Waals surface area contributed by atoms with Gasteiger partial charge >= 0.3 is 11.9 Å². The number of rotatable bonds is 7. The third-order valence-corrected chi connectivity index (χ3v) is 3.93. The summed E-state index contributed by atoms with van der Waals surface area (Å²) < 4.78 is 10.1. The summed E-state index contributed by atoms with van der Waals surface area (Å²) in [6, 6.07) is 6.35. The number of nitrogens with zero attached hydrogens (tertiary/aromatic N) is 1. The molecular weight excluding hydrogens is 352 g/mol. The van der Waals surface area contributed by atoms with Crippen molar-refractivity contribution in [1.82, 2.24) is 10.3 Å². The molecule has 1 amide bonds. The summed E-state index contributed by atoms with van der Waals surface area (Å²) in [6.07, 6.45) is 1.30. The molecule has 1 heterocycles. The topological polar surface area (TPSA) is 115 Å². The lowest BCUT2D eigenvalue weighted by molar-refractivity contribution is -0.167. The number of phenolic OH excluding ortho intramolecular Hbond substituents is 1. The number of esters is 2. The Kier molecular flexibility index (Phi) is 6.33. The van der Waals surface area contributed by atoms with E-state index in [0.717, 1.165) is 0 Å². The van der Waals surface area contributed by atoms with Gasteiger partial charge in [-0.15, -0.1) is 0 Å². The third kappa shape index (κ3) is 4.16. The minimum atomic E-state index is -2.04. The van der Waals surface area contributed by atoms with E-state index in [2.05, 4.69) is 10.3 Å². The molecule has 2 aromatic rings. The maximum Gasteiger partial charge on any atom is 0.344 e. The van der Waals surface area contributed by atoms with Crippen LogP contribution in [0, 0.1) is 0 Å². The van der Waals surface area contributed by atoms with E-state index in [1.807, 2.05) is 0 Å². The van der Waals surface area contributed by atoms with Gasteiger partial charge in [-0.1, -0.05) is 12.1 Å². The van der Waals surface area contributed by atoms with Crippen molar-refractivity contribution in [3.8, 4) is 5.75 Å². The number of phenols is 1. The fraction of sp³-hybridized carbons (Fsp3) is 0.368.